The summed E-state index contributed by atoms with van der Waals surface area (Å²) < 4.78 is 14.3. The highest BCUT2D eigenvalue weighted by molar-refractivity contribution is 6.01. The second kappa shape index (κ2) is 10.3. The van der Waals surface area contributed by atoms with Crippen LogP contribution in [0, 0.1) is 0 Å². The van der Waals surface area contributed by atoms with E-state index >= 15 is 0 Å². The van der Waals surface area contributed by atoms with Gasteiger partial charge in [-0.2, -0.15) is 0 Å². The highest BCUT2D eigenvalue weighted by Gasteiger charge is 2.32. The summed E-state index contributed by atoms with van der Waals surface area (Å²) in [4.78, 5) is 58.9. The average molecular weight is 331 g/mol. The first-order valence-corrected chi connectivity index (χ1v) is 6.87. The number of hydroxylamine groups is 2. The van der Waals surface area contributed by atoms with Gasteiger partial charge in [-0.3, -0.25) is 19.2 Å². The number of amides is 2. The summed E-state index contributed by atoms with van der Waals surface area (Å²) in [6.45, 7) is 0.376. The molecule has 0 aromatic carbocycles. The van der Waals surface area contributed by atoms with E-state index in [0.717, 1.165) is 0 Å². The van der Waals surface area contributed by atoms with Gasteiger partial charge in [0.15, 0.2) is 0 Å². The summed E-state index contributed by atoms with van der Waals surface area (Å²) >= 11 is 0. The lowest BCUT2D eigenvalue weighted by Crippen LogP contribution is -2.32. The van der Waals surface area contributed by atoms with Crippen LogP contribution in [0.2, 0.25) is 0 Å². The molecule has 1 fully saturated rings. The van der Waals surface area contributed by atoms with E-state index in [1.54, 1.807) is 0 Å². The van der Waals surface area contributed by atoms with Gasteiger partial charge in [-0.25, -0.2) is 4.79 Å². The maximum Gasteiger partial charge on any atom is 0.333 e. The monoisotopic (exact) mass is 331 g/mol. The van der Waals surface area contributed by atoms with E-state index in [9.17, 15) is 24.0 Å². The van der Waals surface area contributed by atoms with Gasteiger partial charge in [0.25, 0.3) is 24.8 Å². The molecule has 10 heteroatoms. The Morgan fingerprint density at radius 1 is 1.09 bits per heavy atom. The van der Waals surface area contributed by atoms with E-state index < -0.39 is 23.9 Å². The van der Waals surface area contributed by atoms with Crippen molar-refractivity contribution in [2.75, 3.05) is 19.8 Å². The molecule has 0 atom stereocenters. The molecule has 10 nitrogen and oxygen atoms in total. The van der Waals surface area contributed by atoms with Crippen molar-refractivity contribution in [3.05, 3.63) is 0 Å². The van der Waals surface area contributed by atoms with Gasteiger partial charge in [0.1, 0.15) is 19.3 Å². The lowest BCUT2D eigenvalue weighted by atomic mass is 10.3. The van der Waals surface area contributed by atoms with E-state index in [1.807, 2.05) is 0 Å². The van der Waals surface area contributed by atoms with Gasteiger partial charge < -0.3 is 19.0 Å². The molecule has 128 valence electrons. The quantitative estimate of drug-likeness (QED) is 0.254. The molecule has 0 aromatic heterocycles. The maximum atomic E-state index is 11.5. The second-order valence-corrected chi connectivity index (χ2v) is 4.50. The first-order chi connectivity index (χ1) is 11.1. The van der Waals surface area contributed by atoms with Crippen LogP contribution in [-0.2, 0) is 43.0 Å². The lowest BCUT2D eigenvalue weighted by molar-refractivity contribution is -0.197. The van der Waals surface area contributed by atoms with Crippen molar-refractivity contribution < 1.29 is 43.0 Å². The van der Waals surface area contributed by atoms with Crippen LogP contribution in [0.15, 0.2) is 0 Å². The largest absolute Gasteiger partial charge is 0.465 e. The standard InChI is InChI=1S/C13H17NO9/c15-8-20-6-10(7-21-9-16)22-5-1-2-13(19)23-14-11(17)3-4-12(14)18/h8-10H,1-7H2. The normalized spacial score (nSPS) is 14.0. The third-order valence-corrected chi connectivity index (χ3v) is 2.78. The number of rotatable bonds is 12. The van der Waals surface area contributed by atoms with E-state index in [0.29, 0.717) is 5.06 Å². The Morgan fingerprint density at radius 2 is 1.65 bits per heavy atom. The van der Waals surface area contributed by atoms with Crippen molar-refractivity contribution in [3.8, 4) is 0 Å². The molecule has 0 spiro atoms. The zero-order valence-electron chi connectivity index (χ0n) is 12.3. The van der Waals surface area contributed by atoms with Crippen molar-refractivity contribution in [2.24, 2.45) is 0 Å². The van der Waals surface area contributed by atoms with Crippen molar-refractivity contribution >= 4 is 30.7 Å². The first-order valence-electron chi connectivity index (χ1n) is 6.87. The molecule has 2 amide bonds. The van der Waals surface area contributed by atoms with Crippen molar-refractivity contribution in [1.82, 2.24) is 5.06 Å². The predicted molar refractivity (Wildman–Crippen MR) is 70.2 cm³/mol. The van der Waals surface area contributed by atoms with Crippen LogP contribution in [0.5, 0.6) is 0 Å². The van der Waals surface area contributed by atoms with E-state index in [2.05, 4.69) is 14.3 Å². The molecule has 1 heterocycles. The molecule has 0 saturated carbocycles. The average Bonchev–Trinajstić information content (AvgIpc) is 2.85. The fourth-order valence-electron chi connectivity index (χ4n) is 1.71. The third kappa shape index (κ3) is 6.87. The molecule has 0 bridgehead atoms. The molecule has 0 aromatic rings. The Morgan fingerprint density at radius 3 is 2.17 bits per heavy atom. The topological polar surface area (TPSA) is 126 Å². The molecule has 0 unspecified atom stereocenters. The van der Waals surface area contributed by atoms with Crippen molar-refractivity contribution in [3.63, 3.8) is 0 Å². The third-order valence-electron chi connectivity index (χ3n) is 2.78. The first kappa shape index (κ1) is 18.6. The van der Waals surface area contributed by atoms with Gasteiger partial charge in [-0.05, 0) is 6.42 Å². The van der Waals surface area contributed by atoms with Crippen molar-refractivity contribution in [1.29, 1.82) is 0 Å². The SMILES string of the molecule is O=COCC(COC=O)OCCCC(=O)ON1C(=O)CCC1=O. The molecular weight excluding hydrogens is 314 g/mol. The van der Waals surface area contributed by atoms with Crippen LogP contribution in [0.3, 0.4) is 0 Å². The molecule has 0 radical (unpaired) electrons. The Balaban J connectivity index is 2.22. The summed E-state index contributed by atoms with van der Waals surface area (Å²) in [6.07, 6.45) is -0.418. The minimum Gasteiger partial charge on any atom is -0.465 e. The molecule has 23 heavy (non-hydrogen) atoms. The Labute approximate surface area is 131 Å². The summed E-state index contributed by atoms with van der Waals surface area (Å²) in [5, 5.41) is 0.474. The molecule has 1 aliphatic heterocycles. The van der Waals surface area contributed by atoms with Gasteiger partial charge in [-0.1, -0.05) is 0 Å². The molecule has 1 saturated heterocycles. The number of hydrogen-bond acceptors (Lipinski definition) is 9. The van der Waals surface area contributed by atoms with Crippen LogP contribution in [-0.4, -0.2) is 61.7 Å². The number of imide groups is 1. The Bertz CT molecular complexity index is 423. The zero-order valence-corrected chi connectivity index (χ0v) is 12.3. The fraction of sp³-hybridized carbons (Fsp3) is 0.615. The fourth-order valence-corrected chi connectivity index (χ4v) is 1.71. The summed E-state index contributed by atoms with van der Waals surface area (Å²) in [5.41, 5.74) is 0. The Kier molecular flexibility index (Phi) is 8.29. The molecule has 0 aliphatic carbocycles. The highest BCUT2D eigenvalue weighted by Crippen LogP contribution is 2.13. The molecule has 1 aliphatic rings. The summed E-state index contributed by atoms with van der Waals surface area (Å²) in [7, 11) is 0. The van der Waals surface area contributed by atoms with Crippen LogP contribution in [0.1, 0.15) is 25.7 Å². The Hall–Kier alpha value is -2.49. The predicted octanol–water partition coefficient (Wildman–Crippen LogP) is -0.895. The van der Waals surface area contributed by atoms with Crippen molar-refractivity contribution in [2.45, 2.75) is 31.8 Å². The zero-order chi connectivity index (χ0) is 17.1. The summed E-state index contributed by atoms with van der Waals surface area (Å²) in [6, 6.07) is 0. The molecular formula is C13H17NO9. The lowest BCUT2D eigenvalue weighted by Gasteiger charge is -2.16. The minimum absolute atomic E-state index is 0.0321. The number of hydrogen-bond donors (Lipinski definition) is 0. The van der Waals surface area contributed by atoms with Crippen LogP contribution < -0.4 is 0 Å². The highest BCUT2D eigenvalue weighted by atomic mass is 16.7. The summed E-state index contributed by atoms with van der Waals surface area (Å²) in [5.74, 6) is -1.82. The number of nitrogens with zero attached hydrogens (tertiary/aromatic N) is 1. The van der Waals surface area contributed by atoms with Gasteiger partial charge in [0.05, 0.1) is 6.42 Å². The molecule has 0 N–H and O–H groups in total. The number of carbonyl (C=O) groups is 5. The van der Waals surface area contributed by atoms with Gasteiger partial charge in [-0.15, -0.1) is 5.06 Å². The van der Waals surface area contributed by atoms with E-state index in [1.165, 1.54) is 0 Å². The molecule has 1 rings (SSSR count). The number of carbonyl (C=O) groups excluding carboxylic acids is 5. The van der Waals surface area contributed by atoms with Crippen LogP contribution >= 0.6 is 0 Å². The minimum atomic E-state index is -0.734. The van der Waals surface area contributed by atoms with Crippen LogP contribution in [0.4, 0.5) is 0 Å². The van der Waals surface area contributed by atoms with Crippen LogP contribution in [0.25, 0.3) is 0 Å². The van der Waals surface area contributed by atoms with Gasteiger partial charge in [0, 0.05) is 19.4 Å². The second-order valence-electron chi connectivity index (χ2n) is 4.50. The van der Waals surface area contributed by atoms with Gasteiger partial charge >= 0.3 is 5.97 Å². The smallest absolute Gasteiger partial charge is 0.333 e. The maximum absolute atomic E-state index is 11.5. The van der Waals surface area contributed by atoms with Gasteiger partial charge in [0.2, 0.25) is 0 Å². The van der Waals surface area contributed by atoms with E-state index in [4.69, 9.17) is 4.74 Å². The van der Waals surface area contributed by atoms with E-state index in [-0.39, 0.29) is 58.4 Å². The number of ether oxygens (including phenoxy) is 3.